The Kier molecular flexibility index (Phi) is 8.17. The summed E-state index contributed by atoms with van der Waals surface area (Å²) in [4.78, 5) is 20.1. The number of piperidine rings is 1. The van der Waals surface area contributed by atoms with E-state index in [0.29, 0.717) is 12.0 Å². The lowest BCUT2D eigenvalue weighted by Crippen LogP contribution is -2.64. The molecule has 2 amide bonds. The molecule has 2 aliphatic heterocycles. The summed E-state index contributed by atoms with van der Waals surface area (Å²) in [6.07, 6.45) is 2.07. The van der Waals surface area contributed by atoms with Gasteiger partial charge in [-0.2, -0.15) is 0 Å². The molecule has 0 spiro atoms. The first-order valence-corrected chi connectivity index (χ1v) is 10.6. The molecule has 2 fully saturated rings. The first-order chi connectivity index (χ1) is 12.3. The number of amides is 2. The number of likely N-dealkylation sites (tertiary alicyclic amines) is 1. The van der Waals surface area contributed by atoms with E-state index in [1.807, 2.05) is 0 Å². The van der Waals surface area contributed by atoms with E-state index in [1.165, 1.54) is 0 Å². The largest absolute Gasteiger partial charge is 0.338 e. The number of nitrogens with zero attached hydrogens (tertiary/aromatic N) is 3. The molecule has 6 heteroatoms. The molecule has 152 valence electrons. The van der Waals surface area contributed by atoms with Gasteiger partial charge >= 0.3 is 6.03 Å². The van der Waals surface area contributed by atoms with E-state index in [9.17, 15) is 4.79 Å². The van der Waals surface area contributed by atoms with Gasteiger partial charge in [0, 0.05) is 58.4 Å². The summed E-state index contributed by atoms with van der Waals surface area (Å²) in [7, 11) is 0. The van der Waals surface area contributed by atoms with E-state index < -0.39 is 0 Å². The monoisotopic (exact) mass is 367 g/mol. The van der Waals surface area contributed by atoms with Crippen molar-refractivity contribution in [2.45, 2.75) is 59.0 Å². The smallest absolute Gasteiger partial charge is 0.315 e. The molecule has 0 unspecified atom stereocenters. The summed E-state index contributed by atoms with van der Waals surface area (Å²) >= 11 is 0. The number of hydrogen-bond donors (Lipinski definition) is 2. The molecular formula is C20H41N5O. The quantitative estimate of drug-likeness (QED) is 0.721. The van der Waals surface area contributed by atoms with E-state index >= 15 is 0 Å². The molecule has 26 heavy (non-hydrogen) atoms. The maximum atomic E-state index is 12.5. The zero-order valence-electron chi connectivity index (χ0n) is 17.7. The van der Waals surface area contributed by atoms with Crippen molar-refractivity contribution in [3.63, 3.8) is 0 Å². The first-order valence-electron chi connectivity index (χ1n) is 10.6. The minimum Gasteiger partial charge on any atom is -0.338 e. The highest BCUT2D eigenvalue weighted by atomic mass is 16.2. The molecule has 2 rings (SSSR count). The number of nitrogens with one attached hydrogen (secondary N) is 2. The lowest BCUT2D eigenvalue weighted by molar-refractivity contribution is 0.0612. The Balaban J connectivity index is 1.96. The summed E-state index contributed by atoms with van der Waals surface area (Å²) in [5, 5.41) is 6.44. The Morgan fingerprint density at radius 2 is 1.54 bits per heavy atom. The molecular weight excluding hydrogens is 326 g/mol. The summed E-state index contributed by atoms with van der Waals surface area (Å²) in [5.74, 6) is 0.474. The van der Waals surface area contributed by atoms with Crippen LogP contribution in [0.4, 0.5) is 4.79 Å². The summed E-state index contributed by atoms with van der Waals surface area (Å²) < 4.78 is 0. The van der Waals surface area contributed by atoms with Gasteiger partial charge in [0.1, 0.15) is 0 Å². The molecule has 0 aromatic rings. The molecule has 2 N–H and O–H groups in total. The lowest BCUT2D eigenvalue weighted by Gasteiger charge is -2.47. The number of rotatable bonds is 7. The SMILES string of the molecule is CCN1CCN(CC2(NC(=O)NCC(C)C)CCN(C(C)C)CC2)CC1. The average Bonchev–Trinajstić information content (AvgIpc) is 2.61. The van der Waals surface area contributed by atoms with Gasteiger partial charge in [0.15, 0.2) is 0 Å². The second-order valence-electron chi connectivity index (χ2n) is 8.85. The van der Waals surface area contributed by atoms with Crippen molar-refractivity contribution in [3.05, 3.63) is 0 Å². The van der Waals surface area contributed by atoms with Crippen LogP contribution in [0.1, 0.15) is 47.5 Å². The summed E-state index contributed by atoms with van der Waals surface area (Å²) in [6.45, 7) is 20.5. The van der Waals surface area contributed by atoms with E-state index in [1.54, 1.807) is 0 Å². The number of urea groups is 1. The van der Waals surface area contributed by atoms with Gasteiger partial charge in [0.25, 0.3) is 0 Å². The second-order valence-corrected chi connectivity index (χ2v) is 8.85. The van der Waals surface area contributed by atoms with Crippen LogP contribution in [-0.4, -0.2) is 91.2 Å². The van der Waals surface area contributed by atoms with Gasteiger partial charge in [0.05, 0.1) is 5.54 Å². The first kappa shape index (κ1) is 21.5. The highest BCUT2D eigenvalue weighted by molar-refractivity contribution is 5.74. The van der Waals surface area contributed by atoms with Crippen molar-refractivity contribution in [2.75, 3.05) is 58.9 Å². The predicted molar refractivity (Wildman–Crippen MR) is 109 cm³/mol. The van der Waals surface area contributed by atoms with Crippen LogP contribution in [0.5, 0.6) is 0 Å². The molecule has 2 saturated heterocycles. The second kappa shape index (κ2) is 9.90. The van der Waals surface area contributed by atoms with Crippen LogP contribution in [0.2, 0.25) is 0 Å². The molecule has 0 radical (unpaired) electrons. The van der Waals surface area contributed by atoms with Crippen molar-refractivity contribution in [1.29, 1.82) is 0 Å². The number of likely N-dealkylation sites (N-methyl/N-ethyl adjacent to an activating group) is 1. The molecule has 6 nitrogen and oxygen atoms in total. The van der Waals surface area contributed by atoms with Crippen LogP contribution in [0.15, 0.2) is 0 Å². The van der Waals surface area contributed by atoms with Gasteiger partial charge in [-0.15, -0.1) is 0 Å². The molecule has 0 aromatic heterocycles. The third-order valence-corrected chi connectivity index (χ3v) is 5.97. The van der Waals surface area contributed by atoms with E-state index in [0.717, 1.165) is 71.7 Å². The Morgan fingerprint density at radius 1 is 0.962 bits per heavy atom. The highest BCUT2D eigenvalue weighted by Crippen LogP contribution is 2.25. The Morgan fingerprint density at radius 3 is 2.04 bits per heavy atom. The average molecular weight is 368 g/mol. The van der Waals surface area contributed by atoms with Gasteiger partial charge in [-0.05, 0) is 39.2 Å². The molecule has 0 aromatic carbocycles. The van der Waals surface area contributed by atoms with Crippen LogP contribution in [-0.2, 0) is 0 Å². The number of carbonyl (C=O) groups is 1. The van der Waals surface area contributed by atoms with Gasteiger partial charge in [-0.3, -0.25) is 4.90 Å². The topological polar surface area (TPSA) is 50.9 Å². The lowest BCUT2D eigenvalue weighted by atomic mass is 9.86. The van der Waals surface area contributed by atoms with Gasteiger partial charge < -0.3 is 20.4 Å². The Hall–Kier alpha value is -0.850. The van der Waals surface area contributed by atoms with Crippen molar-refractivity contribution in [1.82, 2.24) is 25.3 Å². The third-order valence-electron chi connectivity index (χ3n) is 5.97. The fraction of sp³-hybridized carbons (Fsp3) is 0.950. The number of carbonyl (C=O) groups excluding carboxylic acids is 1. The fourth-order valence-corrected chi connectivity index (χ4v) is 4.06. The third kappa shape index (κ3) is 6.39. The van der Waals surface area contributed by atoms with Crippen LogP contribution in [0, 0.1) is 5.92 Å². The minimum atomic E-state index is -0.0964. The highest BCUT2D eigenvalue weighted by Gasteiger charge is 2.38. The maximum absolute atomic E-state index is 12.5. The normalized spacial score (nSPS) is 22.7. The fourth-order valence-electron chi connectivity index (χ4n) is 4.06. The molecule has 0 saturated carbocycles. The van der Waals surface area contributed by atoms with E-state index in [-0.39, 0.29) is 11.6 Å². The van der Waals surface area contributed by atoms with Crippen molar-refractivity contribution >= 4 is 6.03 Å². The van der Waals surface area contributed by atoms with Crippen LogP contribution < -0.4 is 10.6 Å². The van der Waals surface area contributed by atoms with Crippen LogP contribution >= 0.6 is 0 Å². The molecule has 0 bridgehead atoms. The minimum absolute atomic E-state index is 0.00360. The standard InChI is InChI=1S/C20H41N5O/c1-6-23-11-13-24(14-12-23)16-20(22-19(26)21-15-17(2)3)7-9-25(10-8-20)18(4)5/h17-18H,6-16H2,1-5H3,(H2,21,22,26). The maximum Gasteiger partial charge on any atom is 0.315 e. The molecule has 0 atom stereocenters. The van der Waals surface area contributed by atoms with Crippen LogP contribution in [0.25, 0.3) is 0 Å². The zero-order chi connectivity index (χ0) is 19.2. The zero-order valence-corrected chi connectivity index (χ0v) is 17.7. The Bertz CT molecular complexity index is 424. The summed E-state index contributed by atoms with van der Waals surface area (Å²) in [6, 6.07) is 0.583. The van der Waals surface area contributed by atoms with Gasteiger partial charge in [-0.1, -0.05) is 20.8 Å². The predicted octanol–water partition coefficient (Wildman–Crippen LogP) is 1.82. The van der Waals surface area contributed by atoms with Crippen molar-refractivity contribution in [3.8, 4) is 0 Å². The molecule has 2 aliphatic rings. The number of piperazine rings is 1. The summed E-state index contributed by atoms with van der Waals surface area (Å²) in [5.41, 5.74) is -0.0964. The van der Waals surface area contributed by atoms with E-state index in [4.69, 9.17) is 0 Å². The van der Waals surface area contributed by atoms with Crippen molar-refractivity contribution < 1.29 is 4.79 Å². The van der Waals surface area contributed by atoms with Gasteiger partial charge in [0.2, 0.25) is 0 Å². The van der Waals surface area contributed by atoms with Gasteiger partial charge in [-0.25, -0.2) is 4.79 Å². The van der Waals surface area contributed by atoms with E-state index in [2.05, 4.69) is 60.0 Å². The number of hydrogen-bond acceptors (Lipinski definition) is 4. The Labute approximate surface area is 160 Å². The molecule has 0 aliphatic carbocycles. The van der Waals surface area contributed by atoms with Crippen LogP contribution in [0.3, 0.4) is 0 Å². The molecule has 2 heterocycles. The van der Waals surface area contributed by atoms with Crippen molar-refractivity contribution in [2.24, 2.45) is 5.92 Å².